The highest BCUT2D eigenvalue weighted by atomic mass is 127. The third kappa shape index (κ3) is 4.16. The van der Waals surface area contributed by atoms with Gasteiger partial charge in [0.05, 0.1) is 18.4 Å². The van der Waals surface area contributed by atoms with Gasteiger partial charge in [-0.25, -0.2) is 4.79 Å². The summed E-state index contributed by atoms with van der Waals surface area (Å²) in [4.78, 5) is 14.8. The smallest absolute Gasteiger partial charge is 0.337 e. The van der Waals surface area contributed by atoms with E-state index in [1.165, 1.54) is 12.3 Å². The summed E-state index contributed by atoms with van der Waals surface area (Å²) in [5.74, 6) is -0.151. The highest BCUT2D eigenvalue weighted by Crippen LogP contribution is 2.30. The van der Waals surface area contributed by atoms with Gasteiger partial charge in [0.25, 0.3) is 0 Å². The maximum atomic E-state index is 10.7. The van der Waals surface area contributed by atoms with Crippen LogP contribution in [-0.2, 0) is 6.61 Å². The number of hydrogen-bond donors (Lipinski definition) is 1. The van der Waals surface area contributed by atoms with E-state index in [0.717, 1.165) is 16.5 Å². The van der Waals surface area contributed by atoms with Gasteiger partial charge in [0.2, 0.25) is 0 Å². The Morgan fingerprint density at radius 3 is 2.35 bits per heavy atom. The lowest BCUT2D eigenvalue weighted by Crippen LogP contribution is -2.03. The average molecular weight is 607 g/mol. The van der Waals surface area contributed by atoms with Crippen molar-refractivity contribution in [3.05, 3.63) is 52.4 Å². The molecule has 20 heavy (non-hydrogen) atoms. The van der Waals surface area contributed by atoms with Crippen LogP contribution in [0.3, 0.4) is 0 Å². The number of nitrogens with zero attached hydrogens (tertiary/aromatic N) is 1. The second-order valence-electron chi connectivity index (χ2n) is 3.83. The molecule has 1 heterocycles. The van der Waals surface area contributed by atoms with Gasteiger partial charge in [-0.15, -0.1) is 0 Å². The Kier molecular flexibility index (Phi) is 5.84. The third-order valence-corrected chi connectivity index (χ3v) is 4.62. The predicted molar refractivity (Wildman–Crippen MR) is 100 cm³/mol. The molecule has 0 spiro atoms. The molecule has 0 radical (unpaired) electrons. The standard InChI is InChI=1S/C13H8I3NO3/c14-8-3-10(15)12(11(16)4-8)20-6-9-2-1-7(5-17-9)13(18)19/h1-5H,6H2,(H,18,19). The van der Waals surface area contributed by atoms with E-state index < -0.39 is 5.97 Å². The normalized spacial score (nSPS) is 10.3. The zero-order valence-electron chi connectivity index (χ0n) is 9.94. The number of halogens is 3. The second-order valence-corrected chi connectivity index (χ2v) is 7.40. The Hall–Kier alpha value is -0.170. The number of benzene rings is 1. The Bertz CT molecular complexity index is 621. The summed E-state index contributed by atoms with van der Waals surface area (Å²) in [6.07, 6.45) is 1.34. The molecule has 1 N–H and O–H groups in total. The van der Waals surface area contributed by atoms with Crippen LogP contribution in [0.2, 0.25) is 0 Å². The first-order valence-corrected chi connectivity index (χ1v) is 8.66. The maximum Gasteiger partial charge on any atom is 0.337 e. The molecule has 0 bridgehead atoms. The summed E-state index contributed by atoms with van der Waals surface area (Å²) < 4.78 is 9.03. The van der Waals surface area contributed by atoms with Crippen molar-refractivity contribution < 1.29 is 14.6 Å². The van der Waals surface area contributed by atoms with Crippen LogP contribution in [0.15, 0.2) is 30.5 Å². The van der Waals surface area contributed by atoms with Gasteiger partial charge in [-0.3, -0.25) is 4.98 Å². The molecule has 0 fully saturated rings. The van der Waals surface area contributed by atoms with Crippen molar-refractivity contribution in [3.63, 3.8) is 0 Å². The maximum absolute atomic E-state index is 10.7. The molecule has 1 aromatic carbocycles. The average Bonchev–Trinajstić information content (AvgIpc) is 2.38. The molecule has 0 aliphatic carbocycles. The molecule has 0 unspecified atom stereocenters. The Labute approximate surface area is 156 Å². The molecule has 104 valence electrons. The van der Waals surface area contributed by atoms with Gasteiger partial charge < -0.3 is 9.84 Å². The number of ether oxygens (including phenoxy) is 1. The molecular weight excluding hydrogens is 599 g/mol. The molecular formula is C13H8I3NO3. The van der Waals surface area contributed by atoms with Gasteiger partial charge in [-0.05, 0) is 92.0 Å². The quantitative estimate of drug-likeness (QED) is 0.531. The summed E-state index contributed by atoms with van der Waals surface area (Å²) in [5.41, 5.74) is 0.868. The number of hydrogen-bond acceptors (Lipinski definition) is 3. The van der Waals surface area contributed by atoms with Crippen LogP contribution < -0.4 is 4.74 Å². The zero-order valence-corrected chi connectivity index (χ0v) is 16.4. The Morgan fingerprint density at radius 2 is 1.85 bits per heavy atom. The van der Waals surface area contributed by atoms with Gasteiger partial charge in [0, 0.05) is 9.77 Å². The molecule has 0 saturated carbocycles. The van der Waals surface area contributed by atoms with Crippen molar-refractivity contribution in [3.8, 4) is 5.75 Å². The molecule has 0 aliphatic heterocycles. The van der Waals surface area contributed by atoms with Gasteiger partial charge >= 0.3 is 5.97 Å². The van der Waals surface area contributed by atoms with E-state index in [9.17, 15) is 4.79 Å². The van der Waals surface area contributed by atoms with Crippen molar-refractivity contribution in [2.75, 3.05) is 0 Å². The van der Waals surface area contributed by atoms with Crippen LogP contribution in [-0.4, -0.2) is 16.1 Å². The lowest BCUT2D eigenvalue weighted by Gasteiger charge is -2.10. The molecule has 2 rings (SSSR count). The van der Waals surface area contributed by atoms with Crippen LogP contribution in [0, 0.1) is 10.7 Å². The second kappa shape index (κ2) is 7.20. The van der Waals surface area contributed by atoms with Crippen LogP contribution in [0.25, 0.3) is 0 Å². The van der Waals surface area contributed by atoms with E-state index in [0.29, 0.717) is 12.3 Å². The molecule has 0 saturated heterocycles. The fraction of sp³-hybridized carbons (Fsp3) is 0.0769. The minimum atomic E-state index is -0.980. The number of carboxylic acids is 1. The number of aromatic nitrogens is 1. The monoisotopic (exact) mass is 607 g/mol. The Morgan fingerprint density at radius 1 is 1.20 bits per heavy atom. The topological polar surface area (TPSA) is 59.4 Å². The van der Waals surface area contributed by atoms with E-state index in [2.05, 4.69) is 72.8 Å². The van der Waals surface area contributed by atoms with Gasteiger partial charge in [0.1, 0.15) is 12.4 Å². The summed E-state index contributed by atoms with van der Waals surface area (Å²) in [7, 11) is 0. The fourth-order valence-corrected chi connectivity index (χ4v) is 5.34. The molecule has 4 nitrogen and oxygen atoms in total. The molecule has 0 aliphatic rings. The summed E-state index contributed by atoms with van der Waals surface area (Å²) in [6, 6.07) is 7.27. The van der Waals surface area contributed by atoms with Crippen LogP contribution in [0.4, 0.5) is 0 Å². The van der Waals surface area contributed by atoms with E-state index in [1.54, 1.807) is 6.07 Å². The molecule has 1 aromatic heterocycles. The predicted octanol–water partition coefficient (Wildman–Crippen LogP) is 4.17. The van der Waals surface area contributed by atoms with Crippen molar-refractivity contribution in [1.82, 2.24) is 4.98 Å². The molecule has 2 aromatic rings. The van der Waals surface area contributed by atoms with E-state index in [4.69, 9.17) is 9.84 Å². The third-order valence-electron chi connectivity index (χ3n) is 2.40. The van der Waals surface area contributed by atoms with Crippen molar-refractivity contribution in [1.29, 1.82) is 0 Å². The SMILES string of the molecule is O=C(O)c1ccc(COc2c(I)cc(I)cc2I)nc1. The highest BCUT2D eigenvalue weighted by molar-refractivity contribution is 14.1. The summed E-state index contributed by atoms with van der Waals surface area (Å²) >= 11 is 6.74. The van der Waals surface area contributed by atoms with Crippen LogP contribution in [0.5, 0.6) is 5.75 Å². The summed E-state index contributed by atoms with van der Waals surface area (Å²) in [5, 5.41) is 8.81. The largest absolute Gasteiger partial charge is 0.485 e. The van der Waals surface area contributed by atoms with Crippen LogP contribution in [0.1, 0.15) is 16.1 Å². The zero-order chi connectivity index (χ0) is 14.7. The minimum Gasteiger partial charge on any atom is -0.485 e. The van der Waals surface area contributed by atoms with Crippen molar-refractivity contribution in [2.24, 2.45) is 0 Å². The number of rotatable bonds is 4. The number of carbonyl (C=O) groups is 1. The van der Waals surface area contributed by atoms with Crippen molar-refractivity contribution >= 4 is 73.7 Å². The van der Waals surface area contributed by atoms with Gasteiger partial charge in [-0.1, -0.05) is 0 Å². The molecule has 0 atom stereocenters. The molecule has 0 amide bonds. The number of aromatic carboxylic acids is 1. The first-order valence-electron chi connectivity index (χ1n) is 5.43. The fourth-order valence-electron chi connectivity index (χ4n) is 1.45. The van der Waals surface area contributed by atoms with Crippen LogP contribution >= 0.6 is 67.8 Å². The minimum absolute atomic E-state index is 0.173. The van der Waals surface area contributed by atoms with E-state index in [-0.39, 0.29) is 5.56 Å². The lowest BCUT2D eigenvalue weighted by atomic mass is 10.2. The number of pyridine rings is 1. The Balaban J connectivity index is 2.11. The first-order chi connectivity index (χ1) is 9.47. The number of carboxylic acid groups (broad SMARTS) is 1. The highest BCUT2D eigenvalue weighted by Gasteiger charge is 2.09. The van der Waals surface area contributed by atoms with E-state index in [1.807, 2.05) is 12.1 Å². The van der Waals surface area contributed by atoms with Crippen molar-refractivity contribution in [2.45, 2.75) is 6.61 Å². The first kappa shape index (κ1) is 16.2. The molecule has 7 heteroatoms. The van der Waals surface area contributed by atoms with Gasteiger partial charge in [0.15, 0.2) is 0 Å². The van der Waals surface area contributed by atoms with E-state index >= 15 is 0 Å². The summed E-state index contributed by atoms with van der Waals surface area (Å²) in [6.45, 7) is 0.312. The lowest BCUT2D eigenvalue weighted by molar-refractivity contribution is 0.0696. The van der Waals surface area contributed by atoms with Gasteiger partial charge in [-0.2, -0.15) is 0 Å².